The maximum absolute atomic E-state index is 13.6. The van der Waals surface area contributed by atoms with Crippen LogP contribution in [0.2, 0.25) is 0 Å². The van der Waals surface area contributed by atoms with E-state index in [-0.39, 0.29) is 5.82 Å². The van der Waals surface area contributed by atoms with Crippen molar-refractivity contribution in [2.45, 2.75) is 13.3 Å². The van der Waals surface area contributed by atoms with Crippen LogP contribution in [0, 0.1) is 5.82 Å². The van der Waals surface area contributed by atoms with Gasteiger partial charge in [-0.05, 0) is 36.9 Å². The number of hydrogen-bond donors (Lipinski definition) is 1. The van der Waals surface area contributed by atoms with Crippen molar-refractivity contribution in [2.75, 3.05) is 6.61 Å². The van der Waals surface area contributed by atoms with Gasteiger partial charge in [-0.15, -0.1) is 0 Å². The molecular weight excluding hydrogens is 277 g/mol. The van der Waals surface area contributed by atoms with Crippen LogP contribution in [0.3, 0.4) is 0 Å². The molecule has 0 unspecified atom stereocenters. The second kappa shape index (κ2) is 8.03. The zero-order valence-corrected chi connectivity index (χ0v) is 12.7. The molecular formula is C19H20FNO. The van der Waals surface area contributed by atoms with Crippen molar-refractivity contribution in [1.29, 1.82) is 0 Å². The molecule has 2 nitrogen and oxygen atoms in total. The summed E-state index contributed by atoms with van der Waals surface area (Å²) in [4.78, 5) is 0. The normalized spacial score (nSPS) is 11.1. The number of halogens is 1. The van der Waals surface area contributed by atoms with Gasteiger partial charge in [0.2, 0.25) is 0 Å². The molecule has 0 bridgehead atoms. The van der Waals surface area contributed by atoms with Crippen LogP contribution in [0.4, 0.5) is 4.39 Å². The molecule has 3 heteroatoms. The summed E-state index contributed by atoms with van der Waals surface area (Å²) in [5.74, 6) is 0.572. The molecule has 22 heavy (non-hydrogen) atoms. The second-order valence-electron chi connectivity index (χ2n) is 4.74. The maximum atomic E-state index is 13.6. The van der Waals surface area contributed by atoms with Gasteiger partial charge in [0.15, 0.2) is 0 Å². The van der Waals surface area contributed by atoms with Crippen LogP contribution in [0.5, 0.6) is 5.75 Å². The highest BCUT2D eigenvalue weighted by Crippen LogP contribution is 2.24. The Kier molecular flexibility index (Phi) is 5.78. The Labute approximate surface area is 130 Å². The lowest BCUT2D eigenvalue weighted by molar-refractivity contribution is 0.319. The molecule has 0 aliphatic heterocycles. The van der Waals surface area contributed by atoms with Crippen LogP contribution >= 0.6 is 0 Å². The predicted octanol–water partition coefficient (Wildman–Crippen LogP) is 4.54. The lowest BCUT2D eigenvalue weighted by Gasteiger charge is -2.14. The highest BCUT2D eigenvalue weighted by Gasteiger charge is 2.07. The lowest BCUT2D eigenvalue weighted by atomic mass is 10.1. The minimum Gasteiger partial charge on any atom is -0.493 e. The van der Waals surface area contributed by atoms with Gasteiger partial charge >= 0.3 is 0 Å². The fourth-order valence-corrected chi connectivity index (χ4v) is 2.21. The standard InChI is InChI=1S/C19H20FNO/c1-3-18(21-4-2)16-10-6-8-12-19(16)22-14-13-15-9-5-7-11-17(15)20/h3-12,21H,2,13-14H2,1H3/b18-3-. The Morgan fingerprint density at radius 1 is 1.18 bits per heavy atom. The zero-order chi connectivity index (χ0) is 15.8. The molecule has 0 radical (unpaired) electrons. The minimum absolute atomic E-state index is 0.193. The van der Waals surface area contributed by atoms with Gasteiger partial charge in [0.05, 0.1) is 6.61 Å². The zero-order valence-electron chi connectivity index (χ0n) is 12.7. The monoisotopic (exact) mass is 297 g/mol. The molecule has 0 heterocycles. The van der Waals surface area contributed by atoms with Crippen molar-refractivity contribution in [3.8, 4) is 5.75 Å². The van der Waals surface area contributed by atoms with E-state index in [1.165, 1.54) is 6.07 Å². The highest BCUT2D eigenvalue weighted by atomic mass is 19.1. The Bertz CT molecular complexity index is 664. The summed E-state index contributed by atoms with van der Waals surface area (Å²) in [6.07, 6.45) is 4.12. The van der Waals surface area contributed by atoms with Gasteiger partial charge in [-0.3, -0.25) is 0 Å². The first kappa shape index (κ1) is 15.8. The van der Waals surface area contributed by atoms with Crippen molar-refractivity contribution in [1.82, 2.24) is 5.32 Å². The maximum Gasteiger partial charge on any atom is 0.128 e. The summed E-state index contributed by atoms with van der Waals surface area (Å²) in [6.45, 7) is 6.05. The molecule has 0 aliphatic rings. The topological polar surface area (TPSA) is 21.3 Å². The summed E-state index contributed by atoms with van der Waals surface area (Å²) in [5, 5.41) is 3.09. The van der Waals surface area contributed by atoms with Crippen LogP contribution in [-0.2, 0) is 6.42 Å². The molecule has 0 atom stereocenters. The molecule has 0 saturated carbocycles. The van der Waals surface area contributed by atoms with Crippen LogP contribution in [0.25, 0.3) is 5.70 Å². The molecule has 0 aliphatic carbocycles. The smallest absolute Gasteiger partial charge is 0.128 e. The van der Waals surface area contributed by atoms with Gasteiger partial charge < -0.3 is 10.1 Å². The molecule has 0 saturated heterocycles. The van der Waals surface area contributed by atoms with Crippen LogP contribution in [-0.4, -0.2) is 6.61 Å². The Morgan fingerprint density at radius 3 is 2.64 bits per heavy atom. The van der Waals surface area contributed by atoms with Crippen LogP contribution in [0.15, 0.2) is 67.4 Å². The number of para-hydroxylation sites is 1. The molecule has 2 rings (SSSR count). The fourth-order valence-electron chi connectivity index (χ4n) is 2.21. The fraction of sp³-hybridized carbons (Fsp3) is 0.158. The van der Waals surface area contributed by atoms with Gasteiger partial charge in [-0.1, -0.05) is 43.0 Å². The molecule has 2 aromatic rings. The third kappa shape index (κ3) is 3.98. The number of rotatable bonds is 7. The molecule has 114 valence electrons. The van der Waals surface area contributed by atoms with E-state index in [4.69, 9.17) is 4.74 Å². The lowest BCUT2D eigenvalue weighted by Crippen LogP contribution is -2.08. The third-order valence-electron chi connectivity index (χ3n) is 3.31. The molecule has 0 aromatic heterocycles. The predicted molar refractivity (Wildman–Crippen MR) is 89.0 cm³/mol. The summed E-state index contributed by atoms with van der Waals surface area (Å²) in [6, 6.07) is 14.5. The van der Waals surface area contributed by atoms with Gasteiger partial charge in [0.25, 0.3) is 0 Å². The largest absolute Gasteiger partial charge is 0.493 e. The number of nitrogens with one attached hydrogen (secondary N) is 1. The van der Waals surface area contributed by atoms with Crippen molar-refractivity contribution >= 4 is 5.70 Å². The van der Waals surface area contributed by atoms with Crippen molar-refractivity contribution < 1.29 is 9.13 Å². The SMILES string of the molecule is C=CN/C(=C\C)c1ccccc1OCCc1ccccc1F. The first-order valence-corrected chi connectivity index (χ1v) is 7.25. The van der Waals surface area contributed by atoms with Gasteiger partial charge in [-0.2, -0.15) is 0 Å². The Balaban J connectivity index is 2.07. The van der Waals surface area contributed by atoms with E-state index < -0.39 is 0 Å². The van der Waals surface area contributed by atoms with Crippen molar-refractivity contribution in [2.24, 2.45) is 0 Å². The van der Waals surface area contributed by atoms with Crippen LogP contribution in [0.1, 0.15) is 18.1 Å². The first-order valence-electron chi connectivity index (χ1n) is 7.25. The Hall–Kier alpha value is -2.55. The van der Waals surface area contributed by atoms with Crippen LogP contribution < -0.4 is 10.1 Å². The van der Waals surface area contributed by atoms with E-state index >= 15 is 0 Å². The van der Waals surface area contributed by atoms with Gasteiger partial charge in [-0.25, -0.2) is 4.39 Å². The first-order chi connectivity index (χ1) is 10.8. The molecule has 0 amide bonds. The van der Waals surface area contributed by atoms with Gasteiger partial charge in [0.1, 0.15) is 11.6 Å². The minimum atomic E-state index is -0.193. The highest BCUT2D eigenvalue weighted by molar-refractivity contribution is 5.69. The molecule has 2 aromatic carbocycles. The van der Waals surface area contributed by atoms with Crippen molar-refractivity contribution in [3.05, 3.63) is 84.3 Å². The third-order valence-corrected chi connectivity index (χ3v) is 3.31. The average Bonchev–Trinajstić information content (AvgIpc) is 2.55. The number of ether oxygens (including phenoxy) is 1. The summed E-state index contributed by atoms with van der Waals surface area (Å²) < 4.78 is 19.4. The Morgan fingerprint density at radius 2 is 1.91 bits per heavy atom. The van der Waals surface area contributed by atoms with E-state index in [1.807, 2.05) is 43.3 Å². The number of benzene rings is 2. The number of allylic oxidation sites excluding steroid dienone is 1. The summed E-state index contributed by atoms with van der Waals surface area (Å²) in [7, 11) is 0. The second-order valence-corrected chi connectivity index (χ2v) is 4.74. The van der Waals surface area contributed by atoms with E-state index in [0.29, 0.717) is 18.6 Å². The van der Waals surface area contributed by atoms with E-state index in [2.05, 4.69) is 11.9 Å². The van der Waals surface area contributed by atoms with Gasteiger partial charge in [0, 0.05) is 17.7 Å². The quantitative estimate of drug-likeness (QED) is 0.810. The summed E-state index contributed by atoms with van der Waals surface area (Å²) >= 11 is 0. The van der Waals surface area contributed by atoms with E-state index in [1.54, 1.807) is 18.3 Å². The van der Waals surface area contributed by atoms with Crippen molar-refractivity contribution in [3.63, 3.8) is 0 Å². The molecule has 0 fully saturated rings. The molecule has 1 N–H and O–H groups in total. The average molecular weight is 297 g/mol. The van der Waals surface area contributed by atoms with E-state index in [9.17, 15) is 4.39 Å². The number of hydrogen-bond acceptors (Lipinski definition) is 2. The molecule has 0 spiro atoms. The summed E-state index contributed by atoms with van der Waals surface area (Å²) in [5.41, 5.74) is 2.55. The van der Waals surface area contributed by atoms with E-state index in [0.717, 1.165) is 17.0 Å².